The van der Waals surface area contributed by atoms with Crippen molar-refractivity contribution in [1.29, 1.82) is 0 Å². The maximum absolute atomic E-state index is 13.4. The highest BCUT2D eigenvalue weighted by atomic mass is 19.1. The van der Waals surface area contributed by atoms with Crippen molar-refractivity contribution in [3.05, 3.63) is 72.3 Å². The van der Waals surface area contributed by atoms with Crippen molar-refractivity contribution in [3.63, 3.8) is 0 Å². The number of nitrogens with two attached hydrogens (primary N) is 1. The third-order valence-electron chi connectivity index (χ3n) is 3.21. The molecule has 1 heterocycles. The molecule has 0 aliphatic carbocycles. The molecule has 4 heteroatoms. The predicted molar refractivity (Wildman–Crippen MR) is 76.8 cm³/mol. The van der Waals surface area contributed by atoms with E-state index in [1.165, 1.54) is 12.1 Å². The molecular weight excluding hydrogens is 253 g/mol. The number of nitrogens with zero attached hydrogens (tertiary/aromatic N) is 2. The molecule has 3 nitrogen and oxygen atoms in total. The average Bonchev–Trinajstić information content (AvgIpc) is 2.98. The van der Waals surface area contributed by atoms with Gasteiger partial charge in [-0.3, -0.25) is 0 Å². The molecule has 0 fully saturated rings. The van der Waals surface area contributed by atoms with Crippen LogP contribution in [0.3, 0.4) is 0 Å². The Balaban J connectivity index is 2.04. The van der Waals surface area contributed by atoms with E-state index in [0.717, 1.165) is 22.4 Å². The molecule has 1 aromatic heterocycles. The Kier molecular flexibility index (Phi) is 3.31. The number of rotatable bonds is 3. The standard InChI is InChI=1S/C16H14FN3/c17-14-7-6-12(9-18)16(8-14)13-10-19-20(11-13)15-4-2-1-3-5-15/h1-8,10-11H,9,18H2. The number of halogens is 1. The predicted octanol–water partition coefficient (Wildman–Crippen LogP) is 3.14. The molecule has 0 aliphatic rings. The summed E-state index contributed by atoms with van der Waals surface area (Å²) in [5, 5.41) is 4.32. The van der Waals surface area contributed by atoms with Gasteiger partial charge in [0, 0.05) is 18.3 Å². The summed E-state index contributed by atoms with van der Waals surface area (Å²) in [7, 11) is 0. The lowest BCUT2D eigenvalue weighted by Gasteiger charge is -2.05. The maximum atomic E-state index is 13.4. The molecule has 100 valence electrons. The van der Waals surface area contributed by atoms with Crippen LogP contribution in [0.2, 0.25) is 0 Å². The third-order valence-corrected chi connectivity index (χ3v) is 3.21. The summed E-state index contributed by atoms with van der Waals surface area (Å²) in [5.41, 5.74) is 9.21. The van der Waals surface area contributed by atoms with Crippen LogP contribution in [-0.4, -0.2) is 9.78 Å². The van der Waals surface area contributed by atoms with Crippen molar-refractivity contribution in [3.8, 4) is 16.8 Å². The fourth-order valence-electron chi connectivity index (χ4n) is 2.18. The van der Waals surface area contributed by atoms with E-state index in [1.54, 1.807) is 16.9 Å². The van der Waals surface area contributed by atoms with Gasteiger partial charge in [-0.1, -0.05) is 24.3 Å². The molecule has 2 N–H and O–H groups in total. The van der Waals surface area contributed by atoms with Crippen LogP contribution >= 0.6 is 0 Å². The van der Waals surface area contributed by atoms with Gasteiger partial charge in [-0.05, 0) is 35.4 Å². The zero-order chi connectivity index (χ0) is 13.9. The van der Waals surface area contributed by atoms with Crippen LogP contribution in [0, 0.1) is 5.82 Å². The van der Waals surface area contributed by atoms with E-state index in [-0.39, 0.29) is 5.82 Å². The summed E-state index contributed by atoms with van der Waals surface area (Å²) in [6, 6.07) is 14.4. The van der Waals surface area contributed by atoms with Gasteiger partial charge in [-0.2, -0.15) is 5.10 Å². The highest BCUT2D eigenvalue weighted by Crippen LogP contribution is 2.25. The minimum Gasteiger partial charge on any atom is -0.326 e. The van der Waals surface area contributed by atoms with Crippen molar-refractivity contribution in [2.24, 2.45) is 5.73 Å². The molecule has 3 aromatic rings. The molecule has 0 saturated carbocycles. The summed E-state index contributed by atoms with van der Waals surface area (Å²) in [6.07, 6.45) is 3.60. The number of hydrogen-bond donors (Lipinski definition) is 1. The second kappa shape index (κ2) is 5.27. The second-order valence-corrected chi connectivity index (χ2v) is 4.51. The second-order valence-electron chi connectivity index (χ2n) is 4.51. The van der Waals surface area contributed by atoms with Crippen LogP contribution in [0.4, 0.5) is 4.39 Å². The van der Waals surface area contributed by atoms with E-state index in [1.807, 2.05) is 36.5 Å². The summed E-state index contributed by atoms with van der Waals surface area (Å²) in [5.74, 6) is -0.273. The summed E-state index contributed by atoms with van der Waals surface area (Å²) in [6.45, 7) is 0.367. The number of benzene rings is 2. The van der Waals surface area contributed by atoms with Gasteiger partial charge in [-0.25, -0.2) is 9.07 Å². The van der Waals surface area contributed by atoms with Gasteiger partial charge in [-0.15, -0.1) is 0 Å². The van der Waals surface area contributed by atoms with E-state index in [2.05, 4.69) is 5.10 Å². The Hall–Kier alpha value is -2.46. The first kappa shape index (κ1) is 12.6. The van der Waals surface area contributed by atoms with Crippen LogP contribution in [0.5, 0.6) is 0 Å². The van der Waals surface area contributed by atoms with E-state index in [9.17, 15) is 4.39 Å². The normalized spacial score (nSPS) is 10.7. The van der Waals surface area contributed by atoms with E-state index < -0.39 is 0 Å². The zero-order valence-corrected chi connectivity index (χ0v) is 10.8. The summed E-state index contributed by atoms with van der Waals surface area (Å²) >= 11 is 0. The zero-order valence-electron chi connectivity index (χ0n) is 10.8. The molecule has 3 rings (SSSR count). The third kappa shape index (κ3) is 2.33. The first-order valence-electron chi connectivity index (χ1n) is 6.37. The van der Waals surface area contributed by atoms with Crippen molar-refractivity contribution >= 4 is 0 Å². The molecule has 0 saturated heterocycles. The lowest BCUT2D eigenvalue weighted by molar-refractivity contribution is 0.627. The summed E-state index contributed by atoms with van der Waals surface area (Å²) in [4.78, 5) is 0. The lowest BCUT2D eigenvalue weighted by atomic mass is 10.0. The molecule has 0 amide bonds. The van der Waals surface area contributed by atoms with Gasteiger partial charge >= 0.3 is 0 Å². The number of para-hydroxylation sites is 1. The molecule has 2 aromatic carbocycles. The fourth-order valence-corrected chi connectivity index (χ4v) is 2.18. The molecule has 0 radical (unpaired) electrons. The quantitative estimate of drug-likeness (QED) is 0.792. The topological polar surface area (TPSA) is 43.8 Å². The summed E-state index contributed by atoms with van der Waals surface area (Å²) < 4.78 is 15.2. The van der Waals surface area contributed by atoms with Crippen LogP contribution in [0.15, 0.2) is 60.9 Å². The number of hydrogen-bond acceptors (Lipinski definition) is 2. The van der Waals surface area contributed by atoms with E-state index in [4.69, 9.17) is 5.73 Å². The van der Waals surface area contributed by atoms with Gasteiger partial charge in [0.1, 0.15) is 5.82 Å². The van der Waals surface area contributed by atoms with Gasteiger partial charge in [0.05, 0.1) is 11.9 Å². The van der Waals surface area contributed by atoms with Crippen LogP contribution in [-0.2, 0) is 6.54 Å². The van der Waals surface area contributed by atoms with E-state index in [0.29, 0.717) is 6.54 Å². The van der Waals surface area contributed by atoms with Crippen molar-refractivity contribution in [2.45, 2.75) is 6.54 Å². The number of aromatic nitrogens is 2. The highest BCUT2D eigenvalue weighted by molar-refractivity contribution is 5.66. The largest absolute Gasteiger partial charge is 0.326 e. The van der Waals surface area contributed by atoms with Gasteiger partial charge in [0.15, 0.2) is 0 Å². The first-order valence-corrected chi connectivity index (χ1v) is 6.37. The first-order chi connectivity index (χ1) is 9.78. The van der Waals surface area contributed by atoms with Gasteiger partial charge in [0.2, 0.25) is 0 Å². The Bertz CT molecular complexity index is 720. The fraction of sp³-hybridized carbons (Fsp3) is 0.0625. The Morgan fingerprint density at radius 1 is 1.10 bits per heavy atom. The Morgan fingerprint density at radius 2 is 1.90 bits per heavy atom. The Labute approximate surface area is 116 Å². The Morgan fingerprint density at radius 3 is 2.65 bits per heavy atom. The van der Waals surface area contributed by atoms with Crippen molar-refractivity contribution < 1.29 is 4.39 Å². The van der Waals surface area contributed by atoms with Crippen molar-refractivity contribution in [2.75, 3.05) is 0 Å². The van der Waals surface area contributed by atoms with Crippen LogP contribution in [0.1, 0.15) is 5.56 Å². The van der Waals surface area contributed by atoms with Crippen molar-refractivity contribution in [1.82, 2.24) is 9.78 Å². The molecule has 0 spiro atoms. The van der Waals surface area contributed by atoms with Crippen LogP contribution < -0.4 is 5.73 Å². The van der Waals surface area contributed by atoms with Gasteiger partial charge < -0.3 is 5.73 Å². The minimum absolute atomic E-state index is 0.273. The molecular formula is C16H14FN3. The lowest BCUT2D eigenvalue weighted by Crippen LogP contribution is -1.99. The monoisotopic (exact) mass is 267 g/mol. The smallest absolute Gasteiger partial charge is 0.123 e. The SMILES string of the molecule is NCc1ccc(F)cc1-c1cnn(-c2ccccc2)c1. The molecule has 20 heavy (non-hydrogen) atoms. The molecule has 0 bridgehead atoms. The molecule has 0 aliphatic heterocycles. The highest BCUT2D eigenvalue weighted by Gasteiger charge is 2.08. The maximum Gasteiger partial charge on any atom is 0.123 e. The van der Waals surface area contributed by atoms with E-state index >= 15 is 0 Å². The van der Waals surface area contributed by atoms with Crippen LogP contribution in [0.25, 0.3) is 16.8 Å². The molecule has 0 unspecified atom stereocenters. The molecule has 0 atom stereocenters. The average molecular weight is 267 g/mol. The minimum atomic E-state index is -0.273. The van der Waals surface area contributed by atoms with Gasteiger partial charge in [0.25, 0.3) is 0 Å².